The summed E-state index contributed by atoms with van der Waals surface area (Å²) in [6.45, 7) is 5.33. The van der Waals surface area contributed by atoms with E-state index < -0.39 is 15.6 Å². The lowest BCUT2D eigenvalue weighted by molar-refractivity contribution is -0.0500. The van der Waals surface area contributed by atoms with Gasteiger partial charge < -0.3 is 9.50 Å². The molecule has 0 radical (unpaired) electrons. The summed E-state index contributed by atoms with van der Waals surface area (Å²) in [5, 5.41) is 3.22. The van der Waals surface area contributed by atoms with E-state index in [4.69, 9.17) is 0 Å². The van der Waals surface area contributed by atoms with Crippen LogP contribution in [0.15, 0.2) is 36.9 Å². The molecule has 0 saturated carbocycles. The van der Waals surface area contributed by atoms with Crippen molar-refractivity contribution in [3.05, 3.63) is 42.5 Å². The number of allylic oxidation sites excluding steroid dienone is 1. The molecule has 0 aliphatic carbocycles. The Balaban J connectivity index is 2.34. The summed E-state index contributed by atoms with van der Waals surface area (Å²) in [5.74, 6) is -0.470. The lowest BCUT2D eigenvalue weighted by Crippen LogP contribution is -2.33. The average Bonchev–Trinajstić information content (AvgIpc) is 2.49. The van der Waals surface area contributed by atoms with Crippen LogP contribution in [0.4, 0.5) is 13.2 Å². The maximum Gasteiger partial charge on any atom is 0.534 e. The van der Waals surface area contributed by atoms with Gasteiger partial charge in [0.25, 0.3) is 0 Å². The fraction of sp³-hybridized carbons (Fsp3) is 0.467. The molecule has 2 atom stereocenters. The third-order valence-corrected chi connectivity index (χ3v) is 4.82. The number of benzene rings is 1. The Morgan fingerprint density at radius 3 is 2.61 bits per heavy atom. The zero-order chi connectivity index (χ0) is 17.1. The minimum Gasteiger partial charge on any atom is -0.376 e. The van der Waals surface area contributed by atoms with E-state index in [0.717, 1.165) is 19.4 Å². The molecule has 0 bridgehead atoms. The molecule has 23 heavy (non-hydrogen) atoms. The molecule has 1 heterocycles. The van der Waals surface area contributed by atoms with Gasteiger partial charge >= 0.3 is 15.6 Å². The Morgan fingerprint density at radius 2 is 2.04 bits per heavy atom. The molecule has 0 amide bonds. The van der Waals surface area contributed by atoms with Crippen molar-refractivity contribution in [2.75, 3.05) is 13.1 Å². The number of hydrogen-bond donors (Lipinski definition) is 1. The number of piperidine rings is 1. The van der Waals surface area contributed by atoms with Crippen molar-refractivity contribution in [2.45, 2.75) is 24.3 Å². The van der Waals surface area contributed by atoms with Gasteiger partial charge in [-0.2, -0.15) is 21.6 Å². The van der Waals surface area contributed by atoms with Crippen LogP contribution in [-0.2, 0) is 10.1 Å². The predicted octanol–water partition coefficient (Wildman–Crippen LogP) is 3.18. The molecule has 0 aromatic heterocycles. The lowest BCUT2D eigenvalue weighted by atomic mass is 9.81. The molecule has 0 spiro atoms. The van der Waals surface area contributed by atoms with E-state index in [9.17, 15) is 21.6 Å². The summed E-state index contributed by atoms with van der Waals surface area (Å²) in [4.78, 5) is 0. The smallest absolute Gasteiger partial charge is 0.376 e. The Hall–Kier alpha value is -1.54. The number of hydrogen-bond acceptors (Lipinski definition) is 4. The number of alkyl halides is 3. The van der Waals surface area contributed by atoms with Crippen LogP contribution in [0, 0.1) is 5.92 Å². The zero-order valence-corrected chi connectivity index (χ0v) is 13.2. The quantitative estimate of drug-likeness (QED) is 0.504. The molecule has 1 aromatic rings. The van der Waals surface area contributed by atoms with Crippen molar-refractivity contribution in [1.29, 1.82) is 0 Å². The van der Waals surface area contributed by atoms with E-state index in [1.165, 1.54) is 12.1 Å². The van der Waals surface area contributed by atoms with E-state index >= 15 is 0 Å². The van der Waals surface area contributed by atoms with Crippen molar-refractivity contribution < 1.29 is 25.8 Å². The highest BCUT2D eigenvalue weighted by Gasteiger charge is 2.49. The molecule has 128 valence electrons. The minimum absolute atomic E-state index is 0.125. The van der Waals surface area contributed by atoms with E-state index in [1.807, 2.05) is 0 Å². The molecule has 4 nitrogen and oxygen atoms in total. The van der Waals surface area contributed by atoms with Crippen LogP contribution < -0.4 is 9.50 Å². The van der Waals surface area contributed by atoms with Gasteiger partial charge in [-0.25, -0.2) is 0 Å². The van der Waals surface area contributed by atoms with Crippen molar-refractivity contribution >= 4 is 10.1 Å². The first-order chi connectivity index (χ1) is 10.8. The van der Waals surface area contributed by atoms with Gasteiger partial charge in [0.05, 0.1) is 0 Å². The first-order valence-electron chi connectivity index (χ1n) is 7.19. The van der Waals surface area contributed by atoms with Crippen molar-refractivity contribution in [2.24, 2.45) is 5.92 Å². The van der Waals surface area contributed by atoms with Gasteiger partial charge in [0.2, 0.25) is 0 Å². The van der Waals surface area contributed by atoms with Gasteiger partial charge in [-0.15, -0.1) is 6.58 Å². The number of halogens is 3. The fourth-order valence-corrected chi connectivity index (χ4v) is 3.24. The van der Waals surface area contributed by atoms with Gasteiger partial charge in [-0.3, -0.25) is 0 Å². The van der Waals surface area contributed by atoms with Crippen LogP contribution in [0.3, 0.4) is 0 Å². The zero-order valence-electron chi connectivity index (χ0n) is 12.3. The average molecular weight is 349 g/mol. The highest BCUT2D eigenvalue weighted by Crippen LogP contribution is 2.37. The highest BCUT2D eigenvalue weighted by atomic mass is 32.2. The van der Waals surface area contributed by atoms with Crippen molar-refractivity contribution in [3.8, 4) is 5.75 Å². The van der Waals surface area contributed by atoms with Crippen molar-refractivity contribution in [3.63, 3.8) is 0 Å². The van der Waals surface area contributed by atoms with Crippen LogP contribution in [-0.4, -0.2) is 27.0 Å². The highest BCUT2D eigenvalue weighted by molar-refractivity contribution is 7.88. The number of para-hydroxylation sites is 1. The summed E-state index contributed by atoms with van der Waals surface area (Å²) in [6, 6.07) is 5.87. The molecule has 2 unspecified atom stereocenters. The molecule has 1 aliphatic heterocycles. The van der Waals surface area contributed by atoms with Gasteiger partial charge in [0, 0.05) is 11.5 Å². The summed E-state index contributed by atoms with van der Waals surface area (Å²) >= 11 is 0. The number of rotatable bonds is 5. The number of nitrogens with one attached hydrogen (secondary N) is 1. The lowest BCUT2D eigenvalue weighted by Gasteiger charge is -2.30. The maximum absolute atomic E-state index is 12.5. The van der Waals surface area contributed by atoms with E-state index in [2.05, 4.69) is 16.1 Å². The first-order valence-corrected chi connectivity index (χ1v) is 8.60. The maximum atomic E-state index is 12.5. The molecule has 8 heteroatoms. The van der Waals surface area contributed by atoms with E-state index in [-0.39, 0.29) is 17.6 Å². The van der Waals surface area contributed by atoms with Gasteiger partial charge in [0.15, 0.2) is 0 Å². The largest absolute Gasteiger partial charge is 0.534 e. The van der Waals surface area contributed by atoms with Crippen LogP contribution in [0.5, 0.6) is 5.75 Å². The second-order valence-electron chi connectivity index (χ2n) is 5.39. The normalized spacial score (nSPS) is 20.7. The summed E-state index contributed by atoms with van der Waals surface area (Å²) in [7, 11) is -5.70. The molecule has 1 saturated heterocycles. The van der Waals surface area contributed by atoms with Crippen molar-refractivity contribution in [1.82, 2.24) is 5.32 Å². The van der Waals surface area contributed by atoms with Gasteiger partial charge in [0.1, 0.15) is 5.75 Å². The predicted molar refractivity (Wildman–Crippen MR) is 80.6 cm³/mol. The summed E-state index contributed by atoms with van der Waals surface area (Å²) in [6.07, 6.45) is 3.45. The van der Waals surface area contributed by atoms with Crippen LogP contribution in [0.2, 0.25) is 0 Å². The van der Waals surface area contributed by atoms with Crippen LogP contribution >= 0.6 is 0 Å². The van der Waals surface area contributed by atoms with Gasteiger partial charge in [-0.05, 0) is 37.9 Å². The Bertz CT molecular complexity index is 652. The Morgan fingerprint density at radius 1 is 1.35 bits per heavy atom. The third-order valence-electron chi connectivity index (χ3n) is 3.86. The summed E-state index contributed by atoms with van der Waals surface area (Å²) < 4.78 is 64.5. The first kappa shape index (κ1) is 17.8. The van der Waals surface area contributed by atoms with Crippen LogP contribution in [0.1, 0.15) is 24.3 Å². The second-order valence-corrected chi connectivity index (χ2v) is 6.93. The minimum atomic E-state index is -5.70. The molecular weight excluding hydrogens is 331 g/mol. The fourth-order valence-electron chi connectivity index (χ4n) is 2.76. The summed E-state index contributed by atoms with van der Waals surface area (Å²) in [5.41, 5.74) is -5.07. The topological polar surface area (TPSA) is 55.4 Å². The molecular formula is C15H18F3NO3S. The van der Waals surface area contributed by atoms with Crippen LogP contribution in [0.25, 0.3) is 0 Å². The Labute approximate surface area is 133 Å². The SMILES string of the molecule is C=CC(c1ccccc1OS(=O)(=O)C(F)(F)F)C1CCCNC1. The second kappa shape index (κ2) is 6.92. The molecule has 1 fully saturated rings. The van der Waals surface area contributed by atoms with Gasteiger partial charge in [-0.1, -0.05) is 24.3 Å². The molecule has 1 aliphatic rings. The molecule has 2 rings (SSSR count). The monoisotopic (exact) mass is 349 g/mol. The third kappa shape index (κ3) is 4.06. The molecule has 1 aromatic carbocycles. The van der Waals surface area contributed by atoms with E-state index in [1.54, 1.807) is 18.2 Å². The standard InChI is InChI=1S/C15H18F3NO3S/c1-2-12(11-6-5-9-19-10-11)13-7-3-4-8-14(13)22-23(20,21)15(16,17)18/h2-4,7-8,11-12,19H,1,5-6,9-10H2. The molecule has 1 N–H and O–H groups in total. The Kier molecular flexibility index (Phi) is 5.36. The van der Waals surface area contributed by atoms with E-state index in [0.29, 0.717) is 12.1 Å².